The second-order valence-electron chi connectivity index (χ2n) is 6.69. The average molecular weight is 386 g/mol. The molecule has 2 aromatic rings. The second-order valence-corrected chi connectivity index (χ2v) is 7.74. The standard InChI is InChI=1S/C20H22N2O4S/c1-4-26-20(25)17-12(3)9-16(27-17)22-18(23)13-6-5-7-14(10-13)21-19(24)15-8-11(15)2/h5-7,9-11,15H,4,8H2,1-3H3,(H,21,24)(H,22,23). The lowest BCUT2D eigenvalue weighted by atomic mass is 10.2. The highest BCUT2D eigenvalue weighted by Gasteiger charge is 2.39. The summed E-state index contributed by atoms with van der Waals surface area (Å²) in [5, 5.41) is 6.23. The van der Waals surface area contributed by atoms with E-state index in [1.54, 1.807) is 44.2 Å². The number of aryl methyl sites for hydroxylation is 1. The first kappa shape index (κ1) is 19.1. The summed E-state index contributed by atoms with van der Waals surface area (Å²) < 4.78 is 5.01. The molecule has 2 unspecified atom stereocenters. The Labute approximate surface area is 161 Å². The second kappa shape index (κ2) is 7.92. The number of amides is 2. The Kier molecular flexibility index (Phi) is 5.60. The van der Waals surface area contributed by atoms with E-state index in [2.05, 4.69) is 10.6 Å². The van der Waals surface area contributed by atoms with Crippen LogP contribution in [0.25, 0.3) is 0 Å². The molecule has 3 rings (SSSR count). The molecule has 0 saturated heterocycles. The Balaban J connectivity index is 1.67. The van der Waals surface area contributed by atoms with Gasteiger partial charge in [-0.2, -0.15) is 0 Å². The SMILES string of the molecule is CCOC(=O)c1sc(NC(=O)c2cccc(NC(=O)C3CC3C)c2)cc1C. The van der Waals surface area contributed by atoms with Gasteiger partial charge in [-0.3, -0.25) is 9.59 Å². The number of benzene rings is 1. The number of nitrogens with one attached hydrogen (secondary N) is 2. The minimum atomic E-state index is -0.389. The van der Waals surface area contributed by atoms with Gasteiger partial charge in [-0.05, 0) is 56.0 Å². The van der Waals surface area contributed by atoms with Crippen molar-refractivity contribution in [2.75, 3.05) is 17.2 Å². The first-order valence-corrected chi connectivity index (χ1v) is 9.70. The number of carbonyl (C=O) groups is 3. The highest BCUT2D eigenvalue weighted by molar-refractivity contribution is 7.18. The lowest BCUT2D eigenvalue weighted by molar-refractivity contribution is -0.117. The number of hydrogen-bond donors (Lipinski definition) is 2. The number of esters is 1. The molecule has 0 aliphatic heterocycles. The summed E-state index contributed by atoms with van der Waals surface area (Å²) in [6.45, 7) is 5.89. The van der Waals surface area contributed by atoms with Gasteiger partial charge in [-0.15, -0.1) is 11.3 Å². The molecule has 2 N–H and O–H groups in total. The topological polar surface area (TPSA) is 84.5 Å². The fourth-order valence-electron chi connectivity index (χ4n) is 2.79. The van der Waals surface area contributed by atoms with Crippen LogP contribution < -0.4 is 10.6 Å². The van der Waals surface area contributed by atoms with Gasteiger partial charge in [0.2, 0.25) is 5.91 Å². The molecule has 0 spiro atoms. The maximum Gasteiger partial charge on any atom is 0.348 e. The van der Waals surface area contributed by atoms with Crippen molar-refractivity contribution in [2.45, 2.75) is 27.2 Å². The largest absolute Gasteiger partial charge is 0.462 e. The van der Waals surface area contributed by atoms with Gasteiger partial charge in [0.15, 0.2) is 0 Å². The number of ether oxygens (including phenoxy) is 1. The molecular weight excluding hydrogens is 364 g/mol. The van der Waals surface area contributed by atoms with Crippen LogP contribution in [-0.4, -0.2) is 24.4 Å². The zero-order chi connectivity index (χ0) is 19.6. The van der Waals surface area contributed by atoms with Crippen LogP contribution in [0.3, 0.4) is 0 Å². The van der Waals surface area contributed by atoms with Crippen molar-refractivity contribution in [3.63, 3.8) is 0 Å². The highest BCUT2D eigenvalue weighted by atomic mass is 32.1. The molecule has 6 nitrogen and oxygen atoms in total. The maximum absolute atomic E-state index is 12.5. The van der Waals surface area contributed by atoms with Crippen molar-refractivity contribution in [3.05, 3.63) is 46.3 Å². The Bertz CT molecular complexity index is 890. The van der Waals surface area contributed by atoms with E-state index < -0.39 is 0 Å². The molecule has 1 aliphatic rings. The van der Waals surface area contributed by atoms with Gasteiger partial charge in [0.1, 0.15) is 4.88 Å². The highest BCUT2D eigenvalue weighted by Crippen LogP contribution is 2.38. The average Bonchev–Trinajstić information content (AvgIpc) is 3.25. The maximum atomic E-state index is 12.5. The number of carbonyl (C=O) groups excluding carboxylic acids is 3. The normalized spacial score (nSPS) is 17.9. The molecule has 142 valence electrons. The van der Waals surface area contributed by atoms with E-state index in [0.29, 0.717) is 33.7 Å². The zero-order valence-electron chi connectivity index (χ0n) is 15.5. The molecular formula is C20H22N2O4S. The summed E-state index contributed by atoms with van der Waals surface area (Å²) in [6, 6.07) is 8.56. The van der Waals surface area contributed by atoms with Crippen LogP contribution in [0.5, 0.6) is 0 Å². The van der Waals surface area contributed by atoms with Gasteiger partial charge in [-0.25, -0.2) is 4.79 Å². The van der Waals surface area contributed by atoms with Gasteiger partial charge in [0, 0.05) is 17.2 Å². The van der Waals surface area contributed by atoms with Crippen molar-refractivity contribution in [2.24, 2.45) is 11.8 Å². The third-order valence-electron chi connectivity index (χ3n) is 4.45. The molecule has 1 fully saturated rings. The van der Waals surface area contributed by atoms with Gasteiger partial charge < -0.3 is 15.4 Å². The third-order valence-corrected chi connectivity index (χ3v) is 5.59. The fraction of sp³-hybridized carbons (Fsp3) is 0.350. The molecule has 1 saturated carbocycles. The Morgan fingerprint density at radius 1 is 1.22 bits per heavy atom. The van der Waals surface area contributed by atoms with E-state index in [1.165, 1.54) is 11.3 Å². The van der Waals surface area contributed by atoms with Gasteiger partial charge in [-0.1, -0.05) is 13.0 Å². The quantitative estimate of drug-likeness (QED) is 0.733. The lowest BCUT2D eigenvalue weighted by Crippen LogP contribution is -2.16. The summed E-state index contributed by atoms with van der Waals surface area (Å²) in [5.74, 6) is -0.208. The van der Waals surface area contributed by atoms with Crippen molar-refractivity contribution in [3.8, 4) is 0 Å². The van der Waals surface area contributed by atoms with Crippen molar-refractivity contribution >= 4 is 39.8 Å². The minimum Gasteiger partial charge on any atom is -0.462 e. The van der Waals surface area contributed by atoms with E-state index in [0.717, 1.165) is 12.0 Å². The van der Waals surface area contributed by atoms with E-state index in [4.69, 9.17) is 4.74 Å². The molecule has 27 heavy (non-hydrogen) atoms. The van der Waals surface area contributed by atoms with Crippen molar-refractivity contribution in [1.82, 2.24) is 0 Å². The molecule has 0 bridgehead atoms. The Hall–Kier alpha value is -2.67. The molecule has 0 radical (unpaired) electrons. The first-order chi connectivity index (χ1) is 12.9. The van der Waals surface area contributed by atoms with Crippen LogP contribution in [0.15, 0.2) is 30.3 Å². The van der Waals surface area contributed by atoms with Gasteiger partial charge >= 0.3 is 5.97 Å². The van der Waals surface area contributed by atoms with E-state index in [-0.39, 0.29) is 23.7 Å². The molecule has 7 heteroatoms. The number of thiophene rings is 1. The predicted octanol–water partition coefficient (Wildman–Crippen LogP) is 4.08. The van der Waals surface area contributed by atoms with Crippen molar-refractivity contribution in [1.29, 1.82) is 0 Å². The summed E-state index contributed by atoms with van der Waals surface area (Å²) in [5.41, 5.74) is 1.79. The summed E-state index contributed by atoms with van der Waals surface area (Å²) in [7, 11) is 0. The molecule has 1 heterocycles. The fourth-order valence-corrected chi connectivity index (χ4v) is 3.75. The van der Waals surface area contributed by atoms with Crippen LogP contribution in [0.2, 0.25) is 0 Å². The number of anilines is 2. The first-order valence-electron chi connectivity index (χ1n) is 8.89. The minimum absolute atomic E-state index is 0.00646. The van der Waals surface area contributed by atoms with Crippen LogP contribution in [0.1, 0.15) is 45.9 Å². The van der Waals surface area contributed by atoms with Crippen LogP contribution >= 0.6 is 11.3 Å². The van der Waals surface area contributed by atoms with Crippen molar-refractivity contribution < 1.29 is 19.1 Å². The lowest BCUT2D eigenvalue weighted by Gasteiger charge is -2.07. The number of rotatable bonds is 6. The van der Waals surface area contributed by atoms with Gasteiger partial charge in [0.05, 0.1) is 11.6 Å². The molecule has 1 aromatic carbocycles. The van der Waals surface area contributed by atoms with Crippen LogP contribution in [0, 0.1) is 18.8 Å². The van der Waals surface area contributed by atoms with Crippen LogP contribution in [-0.2, 0) is 9.53 Å². The monoisotopic (exact) mass is 386 g/mol. The Morgan fingerprint density at radius 3 is 2.63 bits per heavy atom. The molecule has 2 amide bonds. The van der Waals surface area contributed by atoms with E-state index >= 15 is 0 Å². The summed E-state index contributed by atoms with van der Waals surface area (Å²) in [6.07, 6.45) is 0.909. The molecule has 2 atom stereocenters. The zero-order valence-corrected chi connectivity index (χ0v) is 16.3. The summed E-state index contributed by atoms with van der Waals surface area (Å²) in [4.78, 5) is 37.0. The van der Waals surface area contributed by atoms with E-state index in [1.807, 2.05) is 6.92 Å². The van der Waals surface area contributed by atoms with Gasteiger partial charge in [0.25, 0.3) is 5.91 Å². The van der Waals surface area contributed by atoms with E-state index in [9.17, 15) is 14.4 Å². The predicted molar refractivity (Wildman–Crippen MR) is 105 cm³/mol. The number of hydrogen-bond acceptors (Lipinski definition) is 5. The summed E-state index contributed by atoms with van der Waals surface area (Å²) >= 11 is 1.18. The smallest absolute Gasteiger partial charge is 0.348 e. The third kappa shape index (κ3) is 4.54. The van der Waals surface area contributed by atoms with Crippen LogP contribution in [0.4, 0.5) is 10.7 Å². The molecule has 1 aromatic heterocycles. The Morgan fingerprint density at radius 2 is 1.96 bits per heavy atom. The molecule has 1 aliphatic carbocycles.